The third kappa shape index (κ3) is 4.14. The summed E-state index contributed by atoms with van der Waals surface area (Å²) in [4.78, 5) is 46.5. The SMILES string of the molecule is CCCOC(=O)c1c(NC(=O)c2n[nH]c([N+](=O)[O-])c2Br)sc(C(N)=O)c1C. The van der Waals surface area contributed by atoms with Crippen molar-refractivity contribution >= 4 is 55.9 Å². The molecule has 0 saturated carbocycles. The predicted octanol–water partition coefficient (Wildman–Crippen LogP) is 2.37. The number of carbonyl (C=O) groups is 3. The van der Waals surface area contributed by atoms with Gasteiger partial charge in [0.05, 0.1) is 17.0 Å². The molecule has 0 fully saturated rings. The molecular weight excluding hydrogens is 446 g/mol. The maximum Gasteiger partial charge on any atom is 0.357 e. The molecular formula is C14H14BrN5O6S. The number of nitrogens with two attached hydrogens (primary N) is 1. The van der Waals surface area contributed by atoms with E-state index in [-0.39, 0.29) is 37.8 Å². The van der Waals surface area contributed by atoms with Gasteiger partial charge in [0.1, 0.15) is 9.47 Å². The van der Waals surface area contributed by atoms with Crippen molar-refractivity contribution in [2.24, 2.45) is 5.73 Å². The number of primary amides is 1. The predicted molar refractivity (Wildman–Crippen MR) is 99.0 cm³/mol. The fourth-order valence-electron chi connectivity index (χ4n) is 2.10. The molecule has 0 aliphatic rings. The van der Waals surface area contributed by atoms with Gasteiger partial charge in [0.15, 0.2) is 5.69 Å². The van der Waals surface area contributed by atoms with Crippen LogP contribution in [0.1, 0.15) is 49.4 Å². The number of hydrogen-bond donors (Lipinski definition) is 3. The van der Waals surface area contributed by atoms with Gasteiger partial charge in [-0.3, -0.25) is 9.59 Å². The molecule has 0 unspecified atom stereocenters. The highest BCUT2D eigenvalue weighted by Gasteiger charge is 2.29. The molecule has 0 aromatic carbocycles. The Bertz CT molecular complexity index is 937. The van der Waals surface area contributed by atoms with Crippen molar-refractivity contribution in [3.63, 3.8) is 0 Å². The van der Waals surface area contributed by atoms with E-state index in [4.69, 9.17) is 10.5 Å². The molecule has 0 radical (unpaired) electrons. The minimum absolute atomic E-state index is 0.00300. The molecule has 0 spiro atoms. The van der Waals surface area contributed by atoms with Crippen LogP contribution < -0.4 is 11.1 Å². The van der Waals surface area contributed by atoms with Crippen LogP contribution in [0.2, 0.25) is 0 Å². The Morgan fingerprint density at radius 1 is 1.44 bits per heavy atom. The number of hydrogen-bond acceptors (Lipinski definition) is 8. The van der Waals surface area contributed by atoms with Crippen molar-refractivity contribution in [3.8, 4) is 0 Å². The number of rotatable bonds is 7. The van der Waals surface area contributed by atoms with E-state index >= 15 is 0 Å². The number of halogens is 1. The number of nitrogens with one attached hydrogen (secondary N) is 2. The van der Waals surface area contributed by atoms with E-state index in [1.54, 1.807) is 0 Å². The maximum absolute atomic E-state index is 12.4. The lowest BCUT2D eigenvalue weighted by Gasteiger charge is -2.06. The summed E-state index contributed by atoms with van der Waals surface area (Å²) in [5, 5.41) is 19.0. The van der Waals surface area contributed by atoms with E-state index in [0.29, 0.717) is 6.42 Å². The molecule has 0 saturated heterocycles. The average molecular weight is 460 g/mol. The quantitative estimate of drug-likeness (QED) is 0.323. The number of nitro groups is 1. The Kier molecular flexibility index (Phi) is 6.28. The summed E-state index contributed by atoms with van der Waals surface area (Å²) in [6, 6.07) is 0. The molecule has 4 N–H and O–H groups in total. The van der Waals surface area contributed by atoms with Gasteiger partial charge in [-0.05, 0) is 39.8 Å². The van der Waals surface area contributed by atoms with Gasteiger partial charge in [-0.15, -0.1) is 16.4 Å². The minimum Gasteiger partial charge on any atom is -0.462 e. The van der Waals surface area contributed by atoms with Gasteiger partial charge in [0, 0.05) is 0 Å². The molecule has 13 heteroatoms. The average Bonchev–Trinajstić information content (AvgIpc) is 3.13. The minimum atomic E-state index is -0.826. The molecule has 0 aliphatic heterocycles. The molecule has 2 rings (SSSR count). The third-order valence-electron chi connectivity index (χ3n) is 3.33. The van der Waals surface area contributed by atoms with Crippen molar-refractivity contribution in [2.45, 2.75) is 20.3 Å². The van der Waals surface area contributed by atoms with Crippen molar-refractivity contribution in [1.29, 1.82) is 0 Å². The van der Waals surface area contributed by atoms with Gasteiger partial charge in [0.2, 0.25) is 0 Å². The van der Waals surface area contributed by atoms with Crippen molar-refractivity contribution < 1.29 is 24.0 Å². The Balaban J connectivity index is 2.41. The van der Waals surface area contributed by atoms with Crippen LogP contribution in [0.5, 0.6) is 0 Å². The third-order valence-corrected chi connectivity index (χ3v) is 5.30. The molecule has 144 valence electrons. The highest BCUT2D eigenvalue weighted by Crippen LogP contribution is 2.34. The number of carbonyl (C=O) groups excluding carboxylic acids is 3. The van der Waals surface area contributed by atoms with E-state index in [2.05, 4.69) is 31.4 Å². The first kappa shape index (κ1) is 20.5. The normalized spacial score (nSPS) is 10.5. The van der Waals surface area contributed by atoms with Crippen molar-refractivity contribution in [1.82, 2.24) is 10.2 Å². The Morgan fingerprint density at radius 3 is 2.63 bits per heavy atom. The maximum atomic E-state index is 12.4. The number of aromatic nitrogens is 2. The largest absolute Gasteiger partial charge is 0.462 e. The molecule has 27 heavy (non-hydrogen) atoms. The van der Waals surface area contributed by atoms with Crippen LogP contribution >= 0.6 is 27.3 Å². The van der Waals surface area contributed by atoms with E-state index in [1.807, 2.05) is 6.92 Å². The van der Waals surface area contributed by atoms with E-state index in [1.165, 1.54) is 6.92 Å². The lowest BCUT2D eigenvalue weighted by Crippen LogP contribution is -2.16. The van der Waals surface area contributed by atoms with Crippen LogP contribution in [0.25, 0.3) is 0 Å². The summed E-state index contributed by atoms with van der Waals surface area (Å²) in [5.74, 6) is -2.81. The van der Waals surface area contributed by atoms with Gasteiger partial charge in [-0.1, -0.05) is 12.0 Å². The van der Waals surface area contributed by atoms with Gasteiger partial charge in [0.25, 0.3) is 11.8 Å². The lowest BCUT2D eigenvalue weighted by molar-refractivity contribution is -0.390. The molecule has 0 aliphatic carbocycles. The molecule has 11 nitrogen and oxygen atoms in total. The van der Waals surface area contributed by atoms with Crippen LogP contribution in [0, 0.1) is 17.0 Å². The summed E-state index contributed by atoms with van der Waals surface area (Å²) in [6.07, 6.45) is 0.586. The van der Waals surface area contributed by atoms with Crippen molar-refractivity contribution in [2.75, 3.05) is 11.9 Å². The second kappa shape index (κ2) is 8.26. The summed E-state index contributed by atoms with van der Waals surface area (Å²) in [5.41, 5.74) is 5.29. The fraction of sp³-hybridized carbons (Fsp3) is 0.286. The van der Waals surface area contributed by atoms with Crippen LogP contribution in [0.15, 0.2) is 4.47 Å². The van der Waals surface area contributed by atoms with Gasteiger partial charge in [-0.2, -0.15) is 0 Å². The number of nitrogens with zero attached hydrogens (tertiary/aromatic N) is 2. The number of thiophene rings is 1. The van der Waals surface area contributed by atoms with Crippen LogP contribution in [0.3, 0.4) is 0 Å². The number of esters is 1. The van der Waals surface area contributed by atoms with Gasteiger partial charge in [-0.25, -0.2) is 4.79 Å². The second-order valence-electron chi connectivity index (χ2n) is 5.21. The van der Waals surface area contributed by atoms with Crippen LogP contribution in [-0.2, 0) is 4.74 Å². The number of anilines is 1. The Hall–Kier alpha value is -2.80. The fourth-order valence-corrected chi connectivity index (χ4v) is 3.65. The molecule has 2 aromatic heterocycles. The molecule has 2 aromatic rings. The summed E-state index contributed by atoms with van der Waals surface area (Å²) >= 11 is 3.74. The summed E-state index contributed by atoms with van der Waals surface area (Å²) in [6.45, 7) is 3.47. The first-order valence-electron chi connectivity index (χ1n) is 7.48. The number of aromatic amines is 1. The second-order valence-corrected chi connectivity index (χ2v) is 7.02. The topological polar surface area (TPSA) is 170 Å². The summed E-state index contributed by atoms with van der Waals surface area (Å²) < 4.78 is 4.93. The standard InChI is InChI=1S/C14H14BrN5O6S/c1-3-4-26-14(23)6-5(2)9(10(16)21)27-13(6)17-12(22)8-7(15)11(19-18-8)20(24)25/h3-4H2,1-2H3,(H2,16,21)(H,17,22)(H,18,19). The highest BCUT2D eigenvalue weighted by molar-refractivity contribution is 9.10. The van der Waals surface area contributed by atoms with Crippen molar-refractivity contribution in [3.05, 3.63) is 36.3 Å². The van der Waals surface area contributed by atoms with Gasteiger partial charge < -0.3 is 25.9 Å². The van der Waals surface area contributed by atoms with E-state index in [0.717, 1.165) is 11.3 Å². The monoisotopic (exact) mass is 459 g/mol. The summed E-state index contributed by atoms with van der Waals surface area (Å²) in [7, 11) is 0. The first-order valence-corrected chi connectivity index (χ1v) is 9.09. The zero-order valence-electron chi connectivity index (χ0n) is 14.1. The Labute approximate surface area is 164 Å². The number of amides is 2. The first-order chi connectivity index (χ1) is 12.7. The zero-order chi connectivity index (χ0) is 20.3. The van der Waals surface area contributed by atoms with E-state index < -0.39 is 28.5 Å². The number of ether oxygens (including phenoxy) is 1. The van der Waals surface area contributed by atoms with E-state index in [9.17, 15) is 24.5 Å². The molecule has 2 heterocycles. The Morgan fingerprint density at radius 2 is 2.11 bits per heavy atom. The molecule has 0 bridgehead atoms. The zero-order valence-corrected chi connectivity index (χ0v) is 16.5. The molecule has 0 atom stereocenters. The smallest absolute Gasteiger partial charge is 0.357 e. The van der Waals surface area contributed by atoms with Crippen LogP contribution in [-0.4, -0.2) is 39.5 Å². The highest BCUT2D eigenvalue weighted by atomic mass is 79.9. The lowest BCUT2D eigenvalue weighted by atomic mass is 10.1. The molecule has 2 amide bonds. The van der Waals surface area contributed by atoms with Crippen LogP contribution in [0.4, 0.5) is 10.8 Å². The van der Waals surface area contributed by atoms with Gasteiger partial charge >= 0.3 is 11.8 Å². The number of H-pyrrole nitrogens is 1.